The lowest BCUT2D eigenvalue weighted by Crippen LogP contribution is -2.02. The fourth-order valence-corrected chi connectivity index (χ4v) is 2.30. The van der Waals surface area contributed by atoms with Crippen LogP contribution in [-0.4, -0.2) is 5.71 Å². The van der Waals surface area contributed by atoms with E-state index in [9.17, 15) is 0 Å². The van der Waals surface area contributed by atoms with Crippen molar-refractivity contribution >= 4 is 34.4 Å². The van der Waals surface area contributed by atoms with Gasteiger partial charge in [0.05, 0.1) is 5.02 Å². The number of rotatable bonds is 4. The number of nitrogen functional groups attached to an aromatic ring is 1. The average Bonchev–Trinajstić information content (AvgIpc) is 2.40. The van der Waals surface area contributed by atoms with E-state index >= 15 is 0 Å². The fourth-order valence-electron chi connectivity index (χ4n) is 1.96. The van der Waals surface area contributed by atoms with Crippen molar-refractivity contribution in [1.29, 1.82) is 5.41 Å². The Morgan fingerprint density at radius 2 is 1.86 bits per heavy atom. The summed E-state index contributed by atoms with van der Waals surface area (Å²) in [5.74, 6) is 0. The molecule has 0 saturated carbocycles. The third kappa shape index (κ3) is 4.10. The van der Waals surface area contributed by atoms with Crippen molar-refractivity contribution < 1.29 is 0 Å². The first-order valence-electron chi connectivity index (χ1n) is 6.61. The molecule has 4 N–H and O–H groups in total. The Kier molecular flexibility index (Phi) is 4.66. The first-order valence-corrected chi connectivity index (χ1v) is 6.99. The zero-order chi connectivity index (χ0) is 15.4. The van der Waals surface area contributed by atoms with Crippen molar-refractivity contribution in [2.75, 3.05) is 11.1 Å². The van der Waals surface area contributed by atoms with Gasteiger partial charge in [0, 0.05) is 28.3 Å². The van der Waals surface area contributed by atoms with Gasteiger partial charge in [-0.3, -0.25) is 0 Å². The summed E-state index contributed by atoms with van der Waals surface area (Å²) in [6, 6.07) is 13.3. The van der Waals surface area contributed by atoms with Crippen LogP contribution in [0.3, 0.4) is 0 Å². The number of halogens is 1. The van der Waals surface area contributed by atoms with Gasteiger partial charge in [-0.15, -0.1) is 0 Å². The van der Waals surface area contributed by atoms with Gasteiger partial charge >= 0.3 is 0 Å². The molecule has 0 bridgehead atoms. The van der Waals surface area contributed by atoms with Gasteiger partial charge in [0.2, 0.25) is 0 Å². The number of anilines is 2. The van der Waals surface area contributed by atoms with Crippen LogP contribution in [0.5, 0.6) is 0 Å². The van der Waals surface area contributed by atoms with Crippen LogP contribution >= 0.6 is 11.6 Å². The highest BCUT2D eigenvalue weighted by Crippen LogP contribution is 2.27. The van der Waals surface area contributed by atoms with Crippen LogP contribution in [0, 0.1) is 12.3 Å². The van der Waals surface area contributed by atoms with Crippen molar-refractivity contribution in [3.8, 4) is 0 Å². The predicted octanol–water partition coefficient (Wildman–Crippen LogP) is 4.72. The van der Waals surface area contributed by atoms with Crippen molar-refractivity contribution in [3.63, 3.8) is 0 Å². The first-order chi connectivity index (χ1) is 9.95. The molecule has 0 heterocycles. The molecule has 0 saturated heterocycles. The van der Waals surface area contributed by atoms with E-state index in [1.807, 2.05) is 49.4 Å². The second kappa shape index (κ2) is 6.46. The Morgan fingerprint density at radius 3 is 2.43 bits per heavy atom. The lowest BCUT2D eigenvalue weighted by Gasteiger charge is -2.14. The second-order valence-electron chi connectivity index (χ2n) is 4.97. The van der Waals surface area contributed by atoms with Crippen molar-refractivity contribution in [2.24, 2.45) is 0 Å². The molecule has 2 aromatic rings. The molecule has 4 heteroatoms. The Balaban J connectivity index is 2.39. The number of nitrogens with one attached hydrogen (secondary N) is 2. The lowest BCUT2D eigenvalue weighted by atomic mass is 10.1. The van der Waals surface area contributed by atoms with Crippen LogP contribution in [0.2, 0.25) is 5.02 Å². The van der Waals surface area contributed by atoms with E-state index in [2.05, 4.69) is 5.32 Å². The van der Waals surface area contributed by atoms with Gasteiger partial charge in [-0.1, -0.05) is 23.7 Å². The molecule has 0 aliphatic carbocycles. The quantitative estimate of drug-likeness (QED) is 0.565. The van der Waals surface area contributed by atoms with E-state index in [0.29, 0.717) is 16.4 Å². The standard InChI is InChI=1S/C17H18ClN3/c1-11-3-8-15(16(18)9-11)17(10-12(2)19)21-14-6-4-13(20)5-7-14/h3-10,19,21H,20H2,1-2H3/b17-10-,19-12?. The Bertz CT molecular complexity index is 688. The normalized spacial score (nSPS) is 11.3. The van der Waals surface area contributed by atoms with Gasteiger partial charge in [-0.2, -0.15) is 0 Å². The third-order valence-corrected chi connectivity index (χ3v) is 3.28. The molecule has 0 aliphatic heterocycles. The molecule has 0 unspecified atom stereocenters. The molecule has 108 valence electrons. The van der Waals surface area contributed by atoms with E-state index < -0.39 is 0 Å². The van der Waals surface area contributed by atoms with Gasteiger partial charge in [-0.05, 0) is 55.8 Å². The maximum atomic E-state index is 7.71. The van der Waals surface area contributed by atoms with Crippen LogP contribution in [0.4, 0.5) is 11.4 Å². The summed E-state index contributed by atoms with van der Waals surface area (Å²) in [5.41, 5.74) is 10.5. The topological polar surface area (TPSA) is 61.9 Å². The summed E-state index contributed by atoms with van der Waals surface area (Å²) in [4.78, 5) is 0. The summed E-state index contributed by atoms with van der Waals surface area (Å²) in [6.07, 6.45) is 1.76. The highest BCUT2D eigenvalue weighted by atomic mass is 35.5. The Hall–Kier alpha value is -2.26. The van der Waals surface area contributed by atoms with Crippen molar-refractivity contribution in [1.82, 2.24) is 0 Å². The number of aryl methyl sites for hydroxylation is 1. The molecule has 21 heavy (non-hydrogen) atoms. The zero-order valence-corrected chi connectivity index (χ0v) is 12.8. The number of allylic oxidation sites excluding steroid dienone is 1. The molecular weight excluding hydrogens is 282 g/mol. The fraction of sp³-hybridized carbons (Fsp3) is 0.118. The van der Waals surface area contributed by atoms with Gasteiger partial charge < -0.3 is 16.5 Å². The SMILES string of the molecule is CC(=N)/C=C(\Nc1ccc(N)cc1)c1ccc(C)cc1Cl. The van der Waals surface area contributed by atoms with Crippen LogP contribution in [0.15, 0.2) is 48.5 Å². The molecule has 0 aromatic heterocycles. The van der Waals surface area contributed by atoms with Crippen LogP contribution in [-0.2, 0) is 0 Å². The minimum absolute atomic E-state index is 0.449. The molecule has 0 spiro atoms. The van der Waals surface area contributed by atoms with E-state index in [-0.39, 0.29) is 0 Å². The molecule has 0 radical (unpaired) electrons. The van der Waals surface area contributed by atoms with E-state index in [1.165, 1.54) is 0 Å². The molecule has 2 aromatic carbocycles. The highest BCUT2D eigenvalue weighted by Gasteiger charge is 2.08. The summed E-state index contributed by atoms with van der Waals surface area (Å²) < 4.78 is 0. The lowest BCUT2D eigenvalue weighted by molar-refractivity contribution is 1.43. The summed E-state index contributed by atoms with van der Waals surface area (Å²) >= 11 is 6.33. The largest absolute Gasteiger partial charge is 0.399 e. The molecule has 0 aliphatic rings. The van der Waals surface area contributed by atoms with Gasteiger partial charge in [0.25, 0.3) is 0 Å². The predicted molar refractivity (Wildman–Crippen MR) is 92.0 cm³/mol. The van der Waals surface area contributed by atoms with Gasteiger partial charge in [-0.25, -0.2) is 0 Å². The smallest absolute Gasteiger partial charge is 0.0501 e. The number of hydrogen-bond donors (Lipinski definition) is 3. The maximum absolute atomic E-state index is 7.71. The molecule has 0 fully saturated rings. The van der Waals surface area contributed by atoms with Gasteiger partial charge in [0.1, 0.15) is 0 Å². The summed E-state index contributed by atoms with van der Waals surface area (Å²) in [7, 11) is 0. The van der Waals surface area contributed by atoms with Gasteiger partial charge in [0.15, 0.2) is 0 Å². The number of benzene rings is 2. The van der Waals surface area contributed by atoms with Crippen molar-refractivity contribution in [2.45, 2.75) is 13.8 Å². The monoisotopic (exact) mass is 299 g/mol. The minimum atomic E-state index is 0.449. The first kappa shape index (κ1) is 15.1. The van der Waals surface area contributed by atoms with Crippen LogP contribution < -0.4 is 11.1 Å². The van der Waals surface area contributed by atoms with Crippen molar-refractivity contribution in [3.05, 3.63) is 64.7 Å². The Labute approximate surface area is 130 Å². The van der Waals surface area contributed by atoms with Crippen LogP contribution in [0.25, 0.3) is 5.70 Å². The Morgan fingerprint density at radius 1 is 1.19 bits per heavy atom. The average molecular weight is 300 g/mol. The second-order valence-corrected chi connectivity index (χ2v) is 5.38. The van der Waals surface area contributed by atoms with E-state index in [4.69, 9.17) is 22.7 Å². The van der Waals surface area contributed by atoms with E-state index in [0.717, 1.165) is 22.5 Å². The molecule has 3 nitrogen and oxygen atoms in total. The zero-order valence-electron chi connectivity index (χ0n) is 12.1. The minimum Gasteiger partial charge on any atom is -0.399 e. The third-order valence-electron chi connectivity index (χ3n) is 2.97. The summed E-state index contributed by atoms with van der Waals surface area (Å²) in [6.45, 7) is 3.72. The molecular formula is C17H18ClN3. The molecule has 0 amide bonds. The molecule has 2 rings (SSSR count). The maximum Gasteiger partial charge on any atom is 0.0501 e. The highest BCUT2D eigenvalue weighted by molar-refractivity contribution is 6.32. The molecule has 0 atom stereocenters. The van der Waals surface area contributed by atoms with E-state index in [1.54, 1.807) is 13.0 Å². The van der Waals surface area contributed by atoms with Crippen LogP contribution in [0.1, 0.15) is 18.1 Å². The number of nitrogens with two attached hydrogens (primary N) is 1. The number of hydrogen-bond acceptors (Lipinski definition) is 3. The summed E-state index contributed by atoms with van der Waals surface area (Å²) in [5, 5.41) is 11.7.